The second kappa shape index (κ2) is 5.77. The van der Waals surface area contributed by atoms with Gasteiger partial charge >= 0.3 is 0 Å². The van der Waals surface area contributed by atoms with Gasteiger partial charge in [-0.3, -0.25) is 4.98 Å². The Balaban J connectivity index is 1.74. The van der Waals surface area contributed by atoms with Crippen molar-refractivity contribution in [3.8, 4) is 5.88 Å². The van der Waals surface area contributed by atoms with Gasteiger partial charge in [-0.2, -0.15) is 0 Å². The van der Waals surface area contributed by atoms with Gasteiger partial charge in [0, 0.05) is 19.7 Å². The lowest BCUT2D eigenvalue weighted by Crippen LogP contribution is -2.16. The van der Waals surface area contributed by atoms with Crippen LogP contribution in [0.4, 0.5) is 0 Å². The van der Waals surface area contributed by atoms with Crippen molar-refractivity contribution >= 4 is 0 Å². The number of ether oxygens (including phenoxy) is 2. The minimum Gasteiger partial charge on any atom is -0.474 e. The Morgan fingerprint density at radius 3 is 2.81 bits per heavy atom. The van der Waals surface area contributed by atoms with Crippen LogP contribution in [0, 0.1) is 0 Å². The van der Waals surface area contributed by atoms with Gasteiger partial charge in [0.05, 0.1) is 24.7 Å². The summed E-state index contributed by atoms with van der Waals surface area (Å²) in [6.07, 6.45) is 5.97. The Morgan fingerprint density at radius 1 is 1.31 bits per heavy atom. The quantitative estimate of drug-likeness (QED) is 0.691. The molecule has 1 N–H and O–H groups in total. The summed E-state index contributed by atoms with van der Waals surface area (Å²) in [4.78, 5) is 8.43. The topological polar surface area (TPSA) is 56.3 Å². The average molecular weight is 223 g/mol. The monoisotopic (exact) mass is 223 g/mol. The fourth-order valence-corrected chi connectivity index (χ4v) is 1.27. The summed E-state index contributed by atoms with van der Waals surface area (Å²) in [6.45, 7) is 1.85. The van der Waals surface area contributed by atoms with Crippen molar-refractivity contribution < 1.29 is 9.47 Å². The van der Waals surface area contributed by atoms with Crippen LogP contribution < -0.4 is 10.1 Å². The SMILES string of the molecule is COCCOc1cnc(CNC2CC2)cn1. The molecule has 1 heterocycles. The number of rotatable bonds is 7. The minimum atomic E-state index is 0.505. The highest BCUT2D eigenvalue weighted by atomic mass is 16.5. The van der Waals surface area contributed by atoms with Crippen molar-refractivity contribution in [2.45, 2.75) is 25.4 Å². The van der Waals surface area contributed by atoms with Gasteiger partial charge in [0.15, 0.2) is 0 Å². The molecule has 5 heteroatoms. The first-order chi connectivity index (χ1) is 7.88. The maximum absolute atomic E-state index is 5.32. The molecule has 2 rings (SSSR count). The van der Waals surface area contributed by atoms with E-state index in [1.807, 2.05) is 0 Å². The van der Waals surface area contributed by atoms with Crippen LogP contribution in [-0.4, -0.2) is 36.3 Å². The van der Waals surface area contributed by atoms with E-state index in [9.17, 15) is 0 Å². The van der Waals surface area contributed by atoms with E-state index < -0.39 is 0 Å². The Labute approximate surface area is 95.2 Å². The van der Waals surface area contributed by atoms with Crippen molar-refractivity contribution in [2.24, 2.45) is 0 Å². The molecule has 0 saturated heterocycles. The number of hydrogen-bond acceptors (Lipinski definition) is 5. The van der Waals surface area contributed by atoms with Gasteiger partial charge in [-0.05, 0) is 12.8 Å². The van der Waals surface area contributed by atoms with Gasteiger partial charge in [-0.25, -0.2) is 4.98 Å². The maximum atomic E-state index is 5.32. The van der Waals surface area contributed by atoms with Crippen molar-refractivity contribution in [3.63, 3.8) is 0 Å². The van der Waals surface area contributed by atoms with Crippen molar-refractivity contribution in [3.05, 3.63) is 18.1 Å². The summed E-state index contributed by atoms with van der Waals surface area (Å²) >= 11 is 0. The van der Waals surface area contributed by atoms with Gasteiger partial charge in [0.25, 0.3) is 0 Å². The average Bonchev–Trinajstić information content (AvgIpc) is 3.12. The Bertz CT molecular complexity index is 312. The molecule has 0 unspecified atom stereocenters. The first kappa shape index (κ1) is 11.3. The number of hydrogen-bond donors (Lipinski definition) is 1. The predicted octanol–water partition coefficient (Wildman–Crippen LogP) is 0.754. The highest BCUT2D eigenvalue weighted by molar-refractivity contribution is 5.07. The normalized spacial score (nSPS) is 15.1. The molecule has 0 radical (unpaired) electrons. The number of nitrogens with one attached hydrogen (secondary N) is 1. The molecule has 0 amide bonds. The molecule has 1 aliphatic rings. The molecule has 0 bridgehead atoms. The molecule has 0 spiro atoms. The molecule has 5 nitrogen and oxygen atoms in total. The molecule has 1 aliphatic carbocycles. The molecule has 1 fully saturated rings. The summed E-state index contributed by atoms with van der Waals surface area (Å²) in [5.74, 6) is 0.548. The molecule has 1 aromatic rings. The molecular formula is C11H17N3O2. The van der Waals surface area contributed by atoms with E-state index in [0.29, 0.717) is 25.1 Å². The zero-order valence-corrected chi connectivity index (χ0v) is 9.48. The third kappa shape index (κ3) is 3.75. The second-order valence-corrected chi connectivity index (χ2v) is 3.84. The third-order valence-corrected chi connectivity index (χ3v) is 2.37. The second-order valence-electron chi connectivity index (χ2n) is 3.84. The number of methoxy groups -OCH3 is 1. The van der Waals surface area contributed by atoms with Gasteiger partial charge in [-0.15, -0.1) is 0 Å². The van der Waals surface area contributed by atoms with Crippen LogP contribution in [0.5, 0.6) is 5.88 Å². The van der Waals surface area contributed by atoms with E-state index >= 15 is 0 Å². The molecule has 88 valence electrons. The van der Waals surface area contributed by atoms with E-state index in [0.717, 1.165) is 12.2 Å². The zero-order chi connectivity index (χ0) is 11.2. The van der Waals surface area contributed by atoms with E-state index in [2.05, 4.69) is 15.3 Å². The van der Waals surface area contributed by atoms with Gasteiger partial charge < -0.3 is 14.8 Å². The standard InChI is InChI=1S/C11H17N3O2/c1-15-4-5-16-11-8-13-10(7-14-11)6-12-9-2-3-9/h7-9,12H,2-6H2,1H3. The summed E-state index contributed by atoms with van der Waals surface area (Å²) in [6, 6.07) is 0.694. The van der Waals surface area contributed by atoms with E-state index in [1.54, 1.807) is 19.5 Å². The van der Waals surface area contributed by atoms with Crippen LogP contribution >= 0.6 is 0 Å². The summed E-state index contributed by atoms with van der Waals surface area (Å²) in [5, 5.41) is 3.38. The molecule has 0 aromatic carbocycles. The van der Waals surface area contributed by atoms with Gasteiger partial charge in [-0.1, -0.05) is 0 Å². The van der Waals surface area contributed by atoms with Crippen LogP contribution in [0.2, 0.25) is 0 Å². The van der Waals surface area contributed by atoms with Gasteiger partial charge in [0.1, 0.15) is 6.61 Å². The summed E-state index contributed by atoms with van der Waals surface area (Å²) < 4.78 is 10.2. The predicted molar refractivity (Wildman–Crippen MR) is 59.3 cm³/mol. The first-order valence-corrected chi connectivity index (χ1v) is 5.54. The summed E-state index contributed by atoms with van der Waals surface area (Å²) in [7, 11) is 1.64. The van der Waals surface area contributed by atoms with Crippen LogP contribution in [-0.2, 0) is 11.3 Å². The fourth-order valence-electron chi connectivity index (χ4n) is 1.27. The Morgan fingerprint density at radius 2 is 2.19 bits per heavy atom. The smallest absolute Gasteiger partial charge is 0.232 e. The lowest BCUT2D eigenvalue weighted by Gasteiger charge is -2.05. The molecule has 16 heavy (non-hydrogen) atoms. The molecule has 0 aliphatic heterocycles. The summed E-state index contributed by atoms with van der Waals surface area (Å²) in [5.41, 5.74) is 0.950. The van der Waals surface area contributed by atoms with Crippen LogP contribution in [0.25, 0.3) is 0 Å². The lowest BCUT2D eigenvalue weighted by atomic mass is 10.4. The first-order valence-electron chi connectivity index (χ1n) is 5.54. The van der Waals surface area contributed by atoms with E-state index in [-0.39, 0.29) is 0 Å². The molecule has 0 atom stereocenters. The maximum Gasteiger partial charge on any atom is 0.232 e. The third-order valence-electron chi connectivity index (χ3n) is 2.37. The number of aromatic nitrogens is 2. The molecular weight excluding hydrogens is 206 g/mol. The van der Waals surface area contributed by atoms with Gasteiger partial charge in [0.2, 0.25) is 5.88 Å². The van der Waals surface area contributed by atoms with Crippen molar-refractivity contribution in [2.75, 3.05) is 20.3 Å². The molecule has 1 aromatic heterocycles. The minimum absolute atomic E-state index is 0.505. The van der Waals surface area contributed by atoms with Crippen molar-refractivity contribution in [1.29, 1.82) is 0 Å². The van der Waals surface area contributed by atoms with Crippen LogP contribution in [0.3, 0.4) is 0 Å². The Kier molecular flexibility index (Phi) is 4.07. The Hall–Kier alpha value is -1.20. The molecule has 1 saturated carbocycles. The lowest BCUT2D eigenvalue weighted by molar-refractivity contribution is 0.143. The number of nitrogens with zero attached hydrogens (tertiary/aromatic N) is 2. The van der Waals surface area contributed by atoms with E-state index in [4.69, 9.17) is 9.47 Å². The largest absolute Gasteiger partial charge is 0.474 e. The highest BCUT2D eigenvalue weighted by Crippen LogP contribution is 2.18. The highest BCUT2D eigenvalue weighted by Gasteiger charge is 2.20. The van der Waals surface area contributed by atoms with Crippen LogP contribution in [0.1, 0.15) is 18.5 Å². The fraction of sp³-hybridized carbons (Fsp3) is 0.636. The van der Waals surface area contributed by atoms with Crippen molar-refractivity contribution in [1.82, 2.24) is 15.3 Å². The zero-order valence-electron chi connectivity index (χ0n) is 9.48. The van der Waals surface area contributed by atoms with E-state index in [1.165, 1.54) is 12.8 Å². The van der Waals surface area contributed by atoms with Crippen LogP contribution in [0.15, 0.2) is 12.4 Å².